The lowest BCUT2D eigenvalue weighted by Gasteiger charge is -2.40. The Hall–Kier alpha value is -1.06. The Bertz CT molecular complexity index is 359. The van der Waals surface area contributed by atoms with E-state index in [9.17, 15) is 9.59 Å². The Kier molecular flexibility index (Phi) is 4.12. The summed E-state index contributed by atoms with van der Waals surface area (Å²) in [7, 11) is 0. The Balaban J connectivity index is 1.81. The monoisotopic (exact) mass is 280 g/mol. The van der Waals surface area contributed by atoms with Crippen molar-refractivity contribution in [2.24, 2.45) is 10.8 Å². The molecule has 0 aromatic heterocycles. The summed E-state index contributed by atoms with van der Waals surface area (Å²) >= 11 is 0. The van der Waals surface area contributed by atoms with Gasteiger partial charge in [-0.3, -0.25) is 9.59 Å². The van der Waals surface area contributed by atoms with E-state index < -0.39 is 0 Å². The third-order valence-corrected chi connectivity index (χ3v) is 5.48. The van der Waals surface area contributed by atoms with Crippen LogP contribution in [0.3, 0.4) is 0 Å². The van der Waals surface area contributed by atoms with Crippen LogP contribution in [0.15, 0.2) is 0 Å². The highest BCUT2D eigenvalue weighted by molar-refractivity contribution is 5.84. The first-order chi connectivity index (χ1) is 9.27. The van der Waals surface area contributed by atoms with Crippen LogP contribution in [0.25, 0.3) is 0 Å². The summed E-state index contributed by atoms with van der Waals surface area (Å²) in [5.41, 5.74) is -0.365. The highest BCUT2D eigenvalue weighted by Gasteiger charge is 2.41. The van der Waals surface area contributed by atoms with Gasteiger partial charge >= 0.3 is 0 Å². The number of hydrogen-bond acceptors (Lipinski definition) is 2. The SMILES string of the molecule is C[C@H](NC(=O)C1(C)CCC1)[C@@H](C)NC(=O)C1(C)CCC1. The minimum absolute atomic E-state index is 0.0347. The normalized spacial score (nSPS) is 25.6. The highest BCUT2D eigenvalue weighted by Crippen LogP contribution is 2.41. The summed E-state index contributed by atoms with van der Waals surface area (Å²) in [4.78, 5) is 24.4. The Morgan fingerprint density at radius 3 is 1.30 bits per heavy atom. The summed E-state index contributed by atoms with van der Waals surface area (Å²) < 4.78 is 0. The molecule has 0 aromatic carbocycles. The molecule has 0 aliphatic heterocycles. The summed E-state index contributed by atoms with van der Waals surface area (Å²) in [6, 6.07) is -0.0693. The fourth-order valence-corrected chi connectivity index (χ4v) is 2.88. The molecule has 0 radical (unpaired) electrons. The van der Waals surface area contributed by atoms with Gasteiger partial charge in [-0.1, -0.05) is 26.7 Å². The van der Waals surface area contributed by atoms with E-state index in [-0.39, 0.29) is 34.7 Å². The summed E-state index contributed by atoms with van der Waals surface area (Å²) in [6.07, 6.45) is 6.19. The number of nitrogens with one attached hydrogen (secondary N) is 2. The van der Waals surface area contributed by atoms with Gasteiger partial charge in [-0.05, 0) is 39.5 Å². The molecule has 0 aromatic rings. The molecule has 2 amide bonds. The van der Waals surface area contributed by atoms with Crippen LogP contribution < -0.4 is 10.6 Å². The van der Waals surface area contributed by atoms with E-state index >= 15 is 0 Å². The van der Waals surface area contributed by atoms with Crippen LogP contribution in [0.5, 0.6) is 0 Å². The van der Waals surface area contributed by atoms with Crippen molar-refractivity contribution in [2.75, 3.05) is 0 Å². The number of carbonyl (C=O) groups is 2. The lowest BCUT2D eigenvalue weighted by atomic mass is 9.69. The smallest absolute Gasteiger partial charge is 0.226 e. The average Bonchev–Trinajstić information content (AvgIpc) is 2.32. The molecule has 0 bridgehead atoms. The molecule has 2 N–H and O–H groups in total. The zero-order valence-electron chi connectivity index (χ0n) is 13.2. The van der Waals surface area contributed by atoms with Gasteiger partial charge in [-0.2, -0.15) is 0 Å². The van der Waals surface area contributed by atoms with Crippen LogP contribution >= 0.6 is 0 Å². The molecule has 2 aliphatic carbocycles. The van der Waals surface area contributed by atoms with Gasteiger partial charge in [0, 0.05) is 22.9 Å². The van der Waals surface area contributed by atoms with E-state index in [2.05, 4.69) is 10.6 Å². The minimum Gasteiger partial charge on any atom is -0.351 e. The zero-order chi connectivity index (χ0) is 15.0. The number of carbonyl (C=O) groups excluding carboxylic acids is 2. The van der Waals surface area contributed by atoms with Crippen molar-refractivity contribution in [2.45, 2.75) is 78.3 Å². The Labute approximate surface area is 122 Å². The molecule has 2 aliphatic rings. The molecule has 0 heterocycles. The Morgan fingerprint density at radius 2 is 1.10 bits per heavy atom. The minimum atomic E-state index is -0.183. The fourth-order valence-electron chi connectivity index (χ4n) is 2.88. The molecular weight excluding hydrogens is 252 g/mol. The van der Waals surface area contributed by atoms with Gasteiger partial charge in [0.15, 0.2) is 0 Å². The van der Waals surface area contributed by atoms with Crippen molar-refractivity contribution in [3.8, 4) is 0 Å². The van der Waals surface area contributed by atoms with Crippen LogP contribution in [0.4, 0.5) is 0 Å². The van der Waals surface area contributed by atoms with Gasteiger partial charge in [0.2, 0.25) is 11.8 Å². The Morgan fingerprint density at radius 1 is 0.800 bits per heavy atom. The van der Waals surface area contributed by atoms with Gasteiger partial charge in [-0.15, -0.1) is 0 Å². The van der Waals surface area contributed by atoms with Gasteiger partial charge in [-0.25, -0.2) is 0 Å². The topological polar surface area (TPSA) is 58.2 Å². The molecule has 4 heteroatoms. The van der Waals surface area contributed by atoms with E-state index in [4.69, 9.17) is 0 Å². The van der Waals surface area contributed by atoms with Gasteiger partial charge < -0.3 is 10.6 Å². The van der Waals surface area contributed by atoms with Crippen molar-refractivity contribution in [3.63, 3.8) is 0 Å². The molecule has 2 fully saturated rings. The lowest BCUT2D eigenvalue weighted by molar-refractivity contribution is -0.137. The second-order valence-corrected chi connectivity index (χ2v) is 7.35. The quantitative estimate of drug-likeness (QED) is 0.812. The van der Waals surface area contributed by atoms with Crippen LogP contribution in [0.2, 0.25) is 0 Å². The zero-order valence-corrected chi connectivity index (χ0v) is 13.2. The van der Waals surface area contributed by atoms with Crippen LogP contribution in [0, 0.1) is 10.8 Å². The maximum Gasteiger partial charge on any atom is 0.226 e. The fraction of sp³-hybridized carbons (Fsp3) is 0.875. The average molecular weight is 280 g/mol. The standard InChI is InChI=1S/C16H28N2O2/c1-11(17-13(19)15(3)7-5-8-15)12(2)18-14(20)16(4)9-6-10-16/h11-12H,5-10H2,1-4H3,(H,17,19)(H,18,20)/t11-,12+. The highest BCUT2D eigenvalue weighted by atomic mass is 16.2. The van der Waals surface area contributed by atoms with E-state index in [1.165, 1.54) is 0 Å². The molecule has 0 spiro atoms. The van der Waals surface area contributed by atoms with E-state index in [1.54, 1.807) is 0 Å². The van der Waals surface area contributed by atoms with Gasteiger partial charge in [0.25, 0.3) is 0 Å². The van der Waals surface area contributed by atoms with Crippen molar-refractivity contribution in [1.82, 2.24) is 10.6 Å². The molecule has 0 saturated heterocycles. The second kappa shape index (κ2) is 5.38. The maximum absolute atomic E-state index is 12.2. The number of amides is 2. The van der Waals surface area contributed by atoms with E-state index in [0.717, 1.165) is 38.5 Å². The molecule has 20 heavy (non-hydrogen) atoms. The third-order valence-electron chi connectivity index (χ3n) is 5.48. The van der Waals surface area contributed by atoms with Crippen molar-refractivity contribution >= 4 is 11.8 Å². The summed E-state index contributed by atoms with van der Waals surface area (Å²) in [5, 5.41) is 6.12. The van der Waals surface area contributed by atoms with Gasteiger partial charge in [0.05, 0.1) is 0 Å². The van der Waals surface area contributed by atoms with Crippen LogP contribution in [-0.4, -0.2) is 23.9 Å². The number of hydrogen-bond donors (Lipinski definition) is 2. The molecule has 2 atom stereocenters. The lowest BCUT2D eigenvalue weighted by Crippen LogP contribution is -2.55. The first kappa shape index (κ1) is 15.3. The predicted molar refractivity (Wildman–Crippen MR) is 79.1 cm³/mol. The van der Waals surface area contributed by atoms with E-state index in [0.29, 0.717) is 0 Å². The summed E-state index contributed by atoms with van der Waals surface area (Å²) in [5.74, 6) is 0.263. The first-order valence-corrected chi connectivity index (χ1v) is 7.89. The third kappa shape index (κ3) is 2.84. The molecule has 2 saturated carbocycles. The van der Waals surface area contributed by atoms with Gasteiger partial charge in [0.1, 0.15) is 0 Å². The molecule has 2 rings (SSSR count). The predicted octanol–water partition coefficient (Wildman–Crippen LogP) is 2.38. The molecular formula is C16H28N2O2. The van der Waals surface area contributed by atoms with Crippen LogP contribution in [-0.2, 0) is 9.59 Å². The molecule has 0 unspecified atom stereocenters. The summed E-state index contributed by atoms with van der Waals surface area (Å²) in [6.45, 7) is 7.98. The van der Waals surface area contributed by atoms with Crippen LogP contribution in [0.1, 0.15) is 66.2 Å². The molecule has 4 nitrogen and oxygen atoms in total. The van der Waals surface area contributed by atoms with E-state index in [1.807, 2.05) is 27.7 Å². The number of rotatable bonds is 5. The maximum atomic E-state index is 12.2. The second-order valence-electron chi connectivity index (χ2n) is 7.35. The first-order valence-electron chi connectivity index (χ1n) is 7.89. The van der Waals surface area contributed by atoms with Crippen molar-refractivity contribution < 1.29 is 9.59 Å². The van der Waals surface area contributed by atoms with Crippen molar-refractivity contribution in [1.29, 1.82) is 0 Å². The largest absolute Gasteiger partial charge is 0.351 e. The van der Waals surface area contributed by atoms with Crippen molar-refractivity contribution in [3.05, 3.63) is 0 Å². The molecule has 114 valence electrons.